The zero-order chi connectivity index (χ0) is 11.2. The molecule has 0 heterocycles. The van der Waals surface area contributed by atoms with Gasteiger partial charge in [0.15, 0.2) is 0 Å². The first kappa shape index (κ1) is 12.9. The van der Waals surface area contributed by atoms with Gasteiger partial charge in [0.25, 0.3) is 0 Å². The monoisotopic (exact) mass is 212 g/mol. The minimum Gasteiger partial charge on any atom is -0.345 e. The third-order valence-corrected chi connectivity index (χ3v) is 1.40. The maximum absolute atomic E-state index is 11.6. The van der Waals surface area contributed by atoms with Gasteiger partial charge in [0.1, 0.15) is 6.29 Å². The summed E-state index contributed by atoms with van der Waals surface area (Å²) in [6, 6.07) is -0.907. The molecule has 0 spiro atoms. The van der Waals surface area contributed by atoms with Crippen molar-refractivity contribution in [3.8, 4) is 0 Å². The molecule has 0 saturated heterocycles. The number of nitrogens with two attached hydrogens (primary N) is 1. The molecule has 0 aromatic rings. The summed E-state index contributed by atoms with van der Waals surface area (Å²) in [5, 5.41) is 2.06. The molecule has 0 unspecified atom stereocenters. The van der Waals surface area contributed by atoms with Crippen LogP contribution in [-0.4, -0.2) is 31.0 Å². The van der Waals surface area contributed by atoms with Crippen LogP contribution in [0.1, 0.15) is 12.8 Å². The van der Waals surface area contributed by atoms with Crippen molar-refractivity contribution >= 4 is 12.2 Å². The molecule has 0 aliphatic heterocycles. The van der Waals surface area contributed by atoms with Gasteiger partial charge in [-0.15, -0.1) is 0 Å². The second-order valence-corrected chi connectivity index (χ2v) is 2.66. The number of carbonyl (C=O) groups excluding carboxylic acids is 2. The summed E-state index contributed by atoms with van der Waals surface area (Å²) >= 11 is 0. The summed E-state index contributed by atoms with van der Waals surface area (Å²) in [6.07, 6.45) is -5.87. The number of amides is 1. The van der Waals surface area contributed by atoms with Crippen LogP contribution in [0.4, 0.5) is 13.2 Å². The second-order valence-electron chi connectivity index (χ2n) is 2.66. The number of halogens is 3. The van der Waals surface area contributed by atoms with Crippen molar-refractivity contribution in [3.63, 3.8) is 0 Å². The van der Waals surface area contributed by atoms with Crippen LogP contribution in [0.5, 0.6) is 0 Å². The summed E-state index contributed by atoms with van der Waals surface area (Å²) in [5.74, 6) is -0.829. The zero-order valence-electron chi connectivity index (χ0n) is 7.30. The molecule has 0 radical (unpaired) electrons. The van der Waals surface area contributed by atoms with Gasteiger partial charge >= 0.3 is 6.18 Å². The van der Waals surface area contributed by atoms with Crippen LogP contribution in [-0.2, 0) is 9.59 Å². The Bertz CT molecular complexity index is 206. The number of hydrogen-bond acceptors (Lipinski definition) is 3. The lowest BCUT2D eigenvalue weighted by molar-refractivity contribution is -0.144. The quantitative estimate of drug-likeness (QED) is 0.628. The fraction of sp³-hybridized carbons (Fsp3) is 0.714. The van der Waals surface area contributed by atoms with Gasteiger partial charge in [-0.25, -0.2) is 0 Å². The first-order valence-electron chi connectivity index (χ1n) is 3.90. The van der Waals surface area contributed by atoms with Gasteiger partial charge in [0, 0.05) is 13.0 Å². The topological polar surface area (TPSA) is 72.2 Å². The molecule has 0 bridgehead atoms. The van der Waals surface area contributed by atoms with Crippen LogP contribution >= 0.6 is 0 Å². The fourth-order valence-electron chi connectivity index (χ4n) is 0.683. The summed E-state index contributed by atoms with van der Waals surface area (Å²) < 4.78 is 34.9. The Morgan fingerprint density at radius 1 is 1.50 bits per heavy atom. The van der Waals surface area contributed by atoms with E-state index in [0.717, 1.165) is 0 Å². The fourth-order valence-corrected chi connectivity index (χ4v) is 0.683. The van der Waals surface area contributed by atoms with Crippen molar-refractivity contribution in [2.24, 2.45) is 5.73 Å². The molecule has 4 nitrogen and oxygen atoms in total. The Hall–Kier alpha value is -1.11. The van der Waals surface area contributed by atoms with Crippen molar-refractivity contribution in [1.82, 2.24) is 5.32 Å². The van der Waals surface area contributed by atoms with E-state index in [1.165, 1.54) is 0 Å². The largest absolute Gasteiger partial charge is 0.389 e. The summed E-state index contributed by atoms with van der Waals surface area (Å²) in [7, 11) is 0. The molecule has 3 N–H and O–H groups in total. The lowest BCUT2D eigenvalue weighted by atomic mass is 10.2. The summed E-state index contributed by atoms with van der Waals surface area (Å²) in [4.78, 5) is 20.9. The van der Waals surface area contributed by atoms with E-state index in [2.05, 4.69) is 5.32 Å². The minimum atomic E-state index is -4.36. The predicted molar refractivity (Wildman–Crippen MR) is 42.3 cm³/mol. The maximum Gasteiger partial charge on any atom is 0.389 e. The molecule has 7 heteroatoms. The van der Waals surface area contributed by atoms with Gasteiger partial charge in [-0.05, 0) is 0 Å². The van der Waals surface area contributed by atoms with Crippen LogP contribution in [0.25, 0.3) is 0 Å². The molecule has 0 aliphatic carbocycles. The van der Waals surface area contributed by atoms with Crippen molar-refractivity contribution in [1.29, 1.82) is 0 Å². The normalized spacial score (nSPS) is 13.4. The summed E-state index contributed by atoms with van der Waals surface area (Å²) in [5.41, 5.74) is 5.05. The second kappa shape index (κ2) is 5.58. The van der Waals surface area contributed by atoms with Crippen LogP contribution < -0.4 is 11.1 Å². The molecule has 1 atom stereocenters. The number of nitrogens with one attached hydrogen (secondary N) is 1. The van der Waals surface area contributed by atoms with E-state index < -0.39 is 31.0 Å². The van der Waals surface area contributed by atoms with Crippen molar-refractivity contribution < 1.29 is 22.8 Å². The van der Waals surface area contributed by atoms with E-state index in [4.69, 9.17) is 5.73 Å². The van der Waals surface area contributed by atoms with E-state index in [0.29, 0.717) is 6.29 Å². The number of carbonyl (C=O) groups is 2. The predicted octanol–water partition coefficient (Wildman–Crippen LogP) is -0.0287. The lowest BCUT2D eigenvalue weighted by Crippen LogP contribution is -2.41. The molecule has 0 aromatic carbocycles. The van der Waals surface area contributed by atoms with Crippen LogP contribution in [0.15, 0.2) is 0 Å². The first-order valence-corrected chi connectivity index (χ1v) is 3.90. The Kier molecular flexibility index (Phi) is 5.14. The molecule has 0 aromatic heterocycles. The molecule has 14 heavy (non-hydrogen) atoms. The zero-order valence-corrected chi connectivity index (χ0v) is 7.30. The average Bonchev–Trinajstić information content (AvgIpc) is 2.09. The Morgan fingerprint density at radius 3 is 2.43 bits per heavy atom. The molecule has 0 saturated carbocycles. The van der Waals surface area contributed by atoms with Gasteiger partial charge in [-0.3, -0.25) is 4.79 Å². The number of aldehydes is 1. The molecule has 1 amide bonds. The van der Waals surface area contributed by atoms with Gasteiger partial charge in [0.05, 0.1) is 12.5 Å². The van der Waals surface area contributed by atoms with Gasteiger partial charge in [-0.1, -0.05) is 0 Å². The van der Waals surface area contributed by atoms with Crippen molar-refractivity contribution in [2.45, 2.75) is 25.1 Å². The molecule has 0 fully saturated rings. The third-order valence-electron chi connectivity index (χ3n) is 1.40. The average molecular weight is 212 g/mol. The van der Waals surface area contributed by atoms with E-state index in [-0.39, 0.29) is 6.54 Å². The highest BCUT2D eigenvalue weighted by Gasteiger charge is 2.28. The third kappa shape index (κ3) is 6.41. The highest BCUT2D eigenvalue weighted by Crippen LogP contribution is 2.20. The molecule has 0 aliphatic rings. The van der Waals surface area contributed by atoms with Crippen molar-refractivity contribution in [3.05, 3.63) is 0 Å². The highest BCUT2D eigenvalue weighted by molar-refractivity contribution is 5.79. The van der Waals surface area contributed by atoms with E-state index in [1.807, 2.05) is 0 Å². The van der Waals surface area contributed by atoms with Gasteiger partial charge in [0.2, 0.25) is 5.91 Å². The van der Waals surface area contributed by atoms with Crippen LogP contribution in [0.3, 0.4) is 0 Å². The molecule has 82 valence electrons. The van der Waals surface area contributed by atoms with E-state index >= 15 is 0 Å². The SMILES string of the molecule is NC[C@@H](C=O)NC(=O)CCC(F)(F)F. The maximum atomic E-state index is 11.6. The van der Waals surface area contributed by atoms with Crippen molar-refractivity contribution in [2.75, 3.05) is 6.54 Å². The van der Waals surface area contributed by atoms with E-state index in [1.54, 1.807) is 0 Å². The summed E-state index contributed by atoms with van der Waals surface area (Å²) in [6.45, 7) is -0.124. The lowest BCUT2D eigenvalue weighted by Gasteiger charge is -2.10. The Labute approximate surface area is 78.6 Å². The van der Waals surface area contributed by atoms with Crippen LogP contribution in [0.2, 0.25) is 0 Å². The van der Waals surface area contributed by atoms with E-state index in [9.17, 15) is 22.8 Å². The van der Waals surface area contributed by atoms with Gasteiger partial charge in [-0.2, -0.15) is 13.2 Å². The number of alkyl halides is 3. The highest BCUT2D eigenvalue weighted by atomic mass is 19.4. The van der Waals surface area contributed by atoms with Gasteiger partial charge < -0.3 is 15.8 Å². The number of hydrogen-bond donors (Lipinski definition) is 2. The standard InChI is InChI=1S/C7H11F3N2O2/c8-7(9,10)2-1-6(14)12-5(3-11)4-13/h4-5H,1-3,11H2,(H,12,14)/t5-/m0/s1. The molecule has 0 rings (SSSR count). The Balaban J connectivity index is 3.81. The number of rotatable bonds is 5. The van der Waals surface area contributed by atoms with Crippen LogP contribution in [0, 0.1) is 0 Å². The molecular weight excluding hydrogens is 201 g/mol. The molecular formula is C7H11F3N2O2. The first-order chi connectivity index (χ1) is 6.39. The Morgan fingerprint density at radius 2 is 2.07 bits per heavy atom. The smallest absolute Gasteiger partial charge is 0.345 e. The minimum absolute atomic E-state index is 0.124.